The first kappa shape index (κ1) is 24.0. The Hall–Kier alpha value is -2.70. The number of hydrogen-bond donors (Lipinski definition) is 0. The predicted molar refractivity (Wildman–Crippen MR) is 116 cm³/mol. The molecular weight excluding hydrogens is 412 g/mol. The minimum atomic E-state index is -0.948. The van der Waals surface area contributed by atoms with Crippen molar-refractivity contribution < 1.29 is 33.4 Å². The molecule has 3 aliphatic carbocycles. The van der Waals surface area contributed by atoms with E-state index in [0.717, 1.165) is 5.57 Å². The maximum Gasteiger partial charge on any atom is 0.303 e. The van der Waals surface area contributed by atoms with E-state index in [4.69, 9.17) is 14.2 Å². The average Bonchev–Trinajstić information content (AvgIpc) is 2.66. The molecule has 1 fully saturated rings. The molecule has 0 saturated heterocycles. The lowest BCUT2D eigenvalue weighted by atomic mass is 9.53. The molecule has 7 heteroatoms. The number of Topliss-reactive ketones (excluding diaryl/α,β-unsaturated/α-hetero) is 1. The first-order valence-electron chi connectivity index (χ1n) is 10.9. The fraction of sp³-hybridized carbons (Fsp3) is 0.600. The van der Waals surface area contributed by atoms with Crippen LogP contribution in [0, 0.1) is 16.7 Å². The smallest absolute Gasteiger partial charge is 0.303 e. The van der Waals surface area contributed by atoms with Crippen LogP contribution in [0.15, 0.2) is 34.9 Å². The predicted octanol–water partition coefficient (Wildman–Crippen LogP) is 3.62. The second kappa shape index (κ2) is 8.34. The van der Waals surface area contributed by atoms with Crippen molar-refractivity contribution in [1.29, 1.82) is 0 Å². The van der Waals surface area contributed by atoms with Gasteiger partial charge in [-0.2, -0.15) is 0 Å². The van der Waals surface area contributed by atoms with Crippen LogP contribution >= 0.6 is 0 Å². The van der Waals surface area contributed by atoms with Crippen LogP contribution in [0.3, 0.4) is 0 Å². The van der Waals surface area contributed by atoms with E-state index in [9.17, 15) is 19.2 Å². The molecule has 0 aromatic rings. The molecule has 0 radical (unpaired) electrons. The Bertz CT molecular complexity index is 951. The van der Waals surface area contributed by atoms with Crippen molar-refractivity contribution >= 4 is 23.7 Å². The van der Waals surface area contributed by atoms with Crippen LogP contribution in [-0.2, 0) is 33.4 Å². The van der Waals surface area contributed by atoms with E-state index in [-0.39, 0.29) is 18.1 Å². The van der Waals surface area contributed by atoms with Crippen molar-refractivity contribution in [2.24, 2.45) is 16.7 Å². The highest BCUT2D eigenvalue weighted by atomic mass is 16.6. The van der Waals surface area contributed by atoms with Crippen molar-refractivity contribution in [2.45, 2.75) is 79.6 Å². The maximum absolute atomic E-state index is 13.1. The Morgan fingerprint density at radius 3 is 2.06 bits per heavy atom. The standard InChI is InChI=1S/C25H32O7/c1-13-19(29)12-18-21(30-14(2)26)17-10-8-9-11-25(17,7)23(32-16(4)28)22(31-15(3)27)20(13)24(18,5)6/h8-10,18,21-23H,11-12H2,1-7H3/t18-,21-,22+,23-,25+/m0/s1. The van der Waals surface area contributed by atoms with Crippen molar-refractivity contribution in [1.82, 2.24) is 0 Å². The summed E-state index contributed by atoms with van der Waals surface area (Å²) in [6.07, 6.45) is 3.83. The summed E-state index contributed by atoms with van der Waals surface area (Å²) >= 11 is 0. The number of hydrogen-bond acceptors (Lipinski definition) is 7. The quantitative estimate of drug-likeness (QED) is 0.484. The molecule has 0 amide bonds. The highest BCUT2D eigenvalue weighted by molar-refractivity contribution is 5.97. The fourth-order valence-electron chi connectivity index (χ4n) is 5.70. The molecule has 3 rings (SSSR count). The lowest BCUT2D eigenvalue weighted by molar-refractivity contribution is -0.178. The summed E-state index contributed by atoms with van der Waals surface area (Å²) in [4.78, 5) is 49.7. The van der Waals surface area contributed by atoms with Gasteiger partial charge in [-0.05, 0) is 35.5 Å². The Morgan fingerprint density at radius 2 is 1.50 bits per heavy atom. The van der Waals surface area contributed by atoms with Gasteiger partial charge in [0.25, 0.3) is 0 Å². The summed E-state index contributed by atoms with van der Waals surface area (Å²) in [6.45, 7) is 11.5. The van der Waals surface area contributed by atoms with Gasteiger partial charge >= 0.3 is 17.9 Å². The van der Waals surface area contributed by atoms with E-state index in [0.29, 0.717) is 17.6 Å². The van der Waals surface area contributed by atoms with Crippen LogP contribution in [0.4, 0.5) is 0 Å². The van der Waals surface area contributed by atoms with Crippen LogP contribution in [0.5, 0.6) is 0 Å². The molecule has 0 heterocycles. The van der Waals surface area contributed by atoms with Crippen LogP contribution in [-0.4, -0.2) is 42.0 Å². The van der Waals surface area contributed by atoms with E-state index in [2.05, 4.69) is 0 Å². The van der Waals surface area contributed by atoms with Crippen molar-refractivity contribution in [3.05, 3.63) is 34.9 Å². The SMILES string of the molecule is CC(=O)O[C@@H]1C2=C(C)C(=O)C[C@@H]([C@@H](OC(C)=O)C3=CC=CC[C@@]3(C)[C@H]1OC(C)=O)C2(C)C. The molecule has 3 aliphatic rings. The summed E-state index contributed by atoms with van der Waals surface area (Å²) in [5, 5.41) is 0. The van der Waals surface area contributed by atoms with Gasteiger partial charge < -0.3 is 14.2 Å². The molecule has 0 spiro atoms. The molecule has 5 atom stereocenters. The summed E-state index contributed by atoms with van der Waals surface area (Å²) < 4.78 is 17.6. The summed E-state index contributed by atoms with van der Waals surface area (Å²) in [5.41, 5.74) is 0.371. The van der Waals surface area contributed by atoms with Crippen molar-refractivity contribution in [3.8, 4) is 0 Å². The lowest BCUT2D eigenvalue weighted by Gasteiger charge is -2.55. The molecular formula is C25H32O7. The van der Waals surface area contributed by atoms with Crippen molar-refractivity contribution in [3.63, 3.8) is 0 Å². The van der Waals surface area contributed by atoms with Gasteiger partial charge in [-0.25, -0.2) is 0 Å². The Balaban J connectivity index is 2.39. The van der Waals surface area contributed by atoms with Crippen LogP contribution in [0.1, 0.15) is 61.3 Å². The molecule has 0 aromatic heterocycles. The minimum absolute atomic E-state index is 0.101. The van der Waals surface area contributed by atoms with E-state index in [1.165, 1.54) is 20.8 Å². The van der Waals surface area contributed by atoms with E-state index < -0.39 is 47.0 Å². The van der Waals surface area contributed by atoms with Gasteiger partial charge in [0, 0.05) is 38.5 Å². The molecule has 2 bridgehead atoms. The second-order valence-corrected chi connectivity index (χ2v) is 9.76. The first-order valence-corrected chi connectivity index (χ1v) is 10.9. The number of rotatable bonds is 3. The van der Waals surface area contributed by atoms with Crippen LogP contribution in [0.25, 0.3) is 0 Å². The number of ketones is 1. The zero-order chi connectivity index (χ0) is 24.0. The van der Waals surface area contributed by atoms with E-state index in [1.54, 1.807) is 6.92 Å². The number of carbonyl (C=O) groups is 4. The average molecular weight is 445 g/mol. The zero-order valence-corrected chi connectivity index (χ0v) is 19.8. The molecule has 32 heavy (non-hydrogen) atoms. The van der Waals surface area contributed by atoms with Crippen molar-refractivity contribution in [2.75, 3.05) is 0 Å². The molecule has 0 N–H and O–H groups in total. The van der Waals surface area contributed by atoms with Gasteiger partial charge in [0.15, 0.2) is 18.0 Å². The van der Waals surface area contributed by atoms with Crippen LogP contribution in [0.2, 0.25) is 0 Å². The number of fused-ring (bicyclic) bond motifs is 3. The maximum atomic E-state index is 13.1. The normalized spacial score (nSPS) is 33.3. The molecule has 0 unspecified atom stereocenters. The number of carbonyl (C=O) groups excluding carboxylic acids is 4. The summed E-state index contributed by atoms with van der Waals surface area (Å²) in [7, 11) is 0. The van der Waals surface area contributed by atoms with Gasteiger partial charge in [0.1, 0.15) is 6.10 Å². The Labute approximate surface area is 188 Å². The van der Waals surface area contributed by atoms with Crippen LogP contribution < -0.4 is 0 Å². The molecule has 7 nitrogen and oxygen atoms in total. The van der Waals surface area contributed by atoms with Gasteiger partial charge in [0.05, 0.1) is 0 Å². The largest absolute Gasteiger partial charge is 0.458 e. The highest BCUT2D eigenvalue weighted by Crippen LogP contribution is 2.57. The zero-order valence-electron chi connectivity index (χ0n) is 19.8. The Kier molecular flexibility index (Phi) is 6.24. The van der Waals surface area contributed by atoms with Gasteiger partial charge in [-0.3, -0.25) is 19.2 Å². The monoisotopic (exact) mass is 444 g/mol. The first-order chi connectivity index (χ1) is 14.8. The van der Waals surface area contributed by atoms with E-state index >= 15 is 0 Å². The third-order valence-electron chi connectivity index (χ3n) is 7.20. The Morgan fingerprint density at radius 1 is 0.938 bits per heavy atom. The molecule has 174 valence electrons. The fourth-order valence-corrected chi connectivity index (χ4v) is 5.70. The topological polar surface area (TPSA) is 96.0 Å². The highest BCUT2D eigenvalue weighted by Gasteiger charge is 2.60. The van der Waals surface area contributed by atoms with Gasteiger partial charge in [0.2, 0.25) is 0 Å². The van der Waals surface area contributed by atoms with Gasteiger partial charge in [-0.15, -0.1) is 0 Å². The minimum Gasteiger partial charge on any atom is -0.458 e. The third-order valence-corrected chi connectivity index (χ3v) is 7.20. The summed E-state index contributed by atoms with van der Waals surface area (Å²) in [6, 6.07) is 0. The number of esters is 3. The number of allylic oxidation sites excluding steroid dienone is 4. The van der Waals surface area contributed by atoms with Gasteiger partial charge in [-0.1, -0.05) is 39.0 Å². The van der Waals surface area contributed by atoms with E-state index in [1.807, 2.05) is 39.0 Å². The third kappa shape index (κ3) is 3.93. The second-order valence-electron chi connectivity index (χ2n) is 9.76. The lowest BCUT2D eigenvalue weighted by Crippen LogP contribution is -2.59. The molecule has 0 aromatic carbocycles. The molecule has 0 aliphatic heterocycles. The number of ether oxygens (including phenoxy) is 3. The summed E-state index contributed by atoms with van der Waals surface area (Å²) in [5.74, 6) is -1.98. The molecule has 1 saturated carbocycles.